The van der Waals surface area contributed by atoms with Gasteiger partial charge in [0.25, 0.3) is 5.56 Å². The van der Waals surface area contributed by atoms with Gasteiger partial charge in [-0.05, 0) is 42.0 Å². The van der Waals surface area contributed by atoms with Crippen LogP contribution in [-0.2, 0) is 6.54 Å². The number of nitrogens with one attached hydrogen (secondary N) is 1. The first-order valence-corrected chi connectivity index (χ1v) is 7.50. The first-order valence-electron chi connectivity index (χ1n) is 6.66. The Hall–Kier alpha value is -1.17. The van der Waals surface area contributed by atoms with Crippen LogP contribution in [-0.4, -0.2) is 22.0 Å². The van der Waals surface area contributed by atoms with Crippen LogP contribution >= 0.6 is 23.9 Å². The third kappa shape index (κ3) is 2.20. The summed E-state index contributed by atoms with van der Waals surface area (Å²) in [5.41, 5.74) is 3.39. The van der Waals surface area contributed by atoms with Gasteiger partial charge < -0.3 is 9.88 Å². The van der Waals surface area contributed by atoms with Crippen LogP contribution in [0.4, 0.5) is 0 Å². The predicted octanol–water partition coefficient (Wildman–Crippen LogP) is 2.10. The fourth-order valence-corrected chi connectivity index (χ4v) is 3.86. The van der Waals surface area contributed by atoms with E-state index in [4.69, 9.17) is 0 Å². The van der Waals surface area contributed by atoms with E-state index >= 15 is 0 Å². The minimum atomic E-state index is 0. The van der Waals surface area contributed by atoms with Crippen molar-refractivity contribution in [2.45, 2.75) is 18.9 Å². The number of pyridine rings is 1. The van der Waals surface area contributed by atoms with Crippen LogP contribution < -0.4 is 10.9 Å². The van der Waals surface area contributed by atoms with Crippen molar-refractivity contribution in [2.24, 2.45) is 5.92 Å². The van der Waals surface area contributed by atoms with Crippen molar-refractivity contribution >= 4 is 23.9 Å². The molecule has 0 spiro atoms. The van der Waals surface area contributed by atoms with Crippen molar-refractivity contribution in [1.82, 2.24) is 14.3 Å². The SMILES string of the molecule is Cl.O=c1cc(-c2cnsc2)cc2n1C[C@@H]1CNC[C@H]2C1. The van der Waals surface area contributed by atoms with Gasteiger partial charge in [-0.1, -0.05) is 0 Å². The molecule has 0 aliphatic carbocycles. The lowest BCUT2D eigenvalue weighted by molar-refractivity contribution is 0.257. The molecule has 0 radical (unpaired) electrons. The number of piperidine rings is 1. The molecule has 2 aliphatic rings. The molecule has 2 aromatic rings. The lowest BCUT2D eigenvalue weighted by Gasteiger charge is -2.37. The van der Waals surface area contributed by atoms with Crippen LogP contribution in [0.15, 0.2) is 28.5 Å². The van der Waals surface area contributed by atoms with Gasteiger partial charge in [0.15, 0.2) is 0 Å². The van der Waals surface area contributed by atoms with E-state index in [1.807, 2.05) is 16.1 Å². The van der Waals surface area contributed by atoms with Crippen molar-refractivity contribution < 1.29 is 0 Å². The molecule has 1 saturated heterocycles. The van der Waals surface area contributed by atoms with Crippen LogP contribution in [0.3, 0.4) is 0 Å². The molecule has 0 unspecified atom stereocenters. The summed E-state index contributed by atoms with van der Waals surface area (Å²) in [5, 5.41) is 5.47. The van der Waals surface area contributed by atoms with Gasteiger partial charge >= 0.3 is 0 Å². The van der Waals surface area contributed by atoms with Crippen molar-refractivity contribution in [3.05, 3.63) is 39.8 Å². The number of hydrogen-bond acceptors (Lipinski definition) is 4. The molecule has 1 fully saturated rings. The maximum absolute atomic E-state index is 12.3. The van der Waals surface area contributed by atoms with Gasteiger partial charge in [-0.3, -0.25) is 4.79 Å². The second-order valence-corrected chi connectivity index (χ2v) is 6.15. The number of rotatable bonds is 1. The Labute approximate surface area is 127 Å². The Morgan fingerprint density at radius 3 is 3.00 bits per heavy atom. The number of hydrogen-bond donors (Lipinski definition) is 1. The predicted molar refractivity (Wildman–Crippen MR) is 82.8 cm³/mol. The second kappa shape index (κ2) is 5.31. The van der Waals surface area contributed by atoms with E-state index in [1.54, 1.807) is 6.07 Å². The third-order valence-corrected chi connectivity index (χ3v) is 4.81. The summed E-state index contributed by atoms with van der Waals surface area (Å²) in [5.74, 6) is 1.09. The summed E-state index contributed by atoms with van der Waals surface area (Å²) in [7, 11) is 0. The lowest BCUT2D eigenvalue weighted by Crippen LogP contribution is -2.44. The Bertz CT molecular complexity index is 668. The molecule has 1 N–H and O–H groups in total. The van der Waals surface area contributed by atoms with Crippen molar-refractivity contribution in [1.29, 1.82) is 0 Å². The maximum Gasteiger partial charge on any atom is 0.251 e. The standard InChI is InChI=1S/C14H15N3OS.ClH/c18-14-3-10(12-6-16-19-8-12)2-13-11-1-9(4-15-5-11)7-17(13)14;/h2-3,6,8-9,11,15H,1,4-5,7H2;1H/t9-,11+;/m0./s1. The van der Waals surface area contributed by atoms with Crippen LogP contribution in [0.2, 0.25) is 0 Å². The fourth-order valence-electron chi connectivity index (χ4n) is 3.32. The van der Waals surface area contributed by atoms with Gasteiger partial charge in [-0.15, -0.1) is 12.4 Å². The molecule has 2 bridgehead atoms. The van der Waals surface area contributed by atoms with Crippen molar-refractivity contribution in [3.63, 3.8) is 0 Å². The molecule has 2 atom stereocenters. The van der Waals surface area contributed by atoms with Gasteiger partial charge in [0.1, 0.15) is 0 Å². The largest absolute Gasteiger partial charge is 0.316 e. The summed E-state index contributed by atoms with van der Waals surface area (Å²) in [6.07, 6.45) is 3.04. The molecule has 0 saturated carbocycles. The first-order chi connectivity index (χ1) is 9.31. The van der Waals surface area contributed by atoms with Gasteiger partial charge in [-0.25, -0.2) is 4.37 Å². The van der Waals surface area contributed by atoms with E-state index < -0.39 is 0 Å². The summed E-state index contributed by atoms with van der Waals surface area (Å²) in [4.78, 5) is 12.3. The monoisotopic (exact) mass is 309 g/mol. The second-order valence-electron chi connectivity index (χ2n) is 5.49. The van der Waals surface area contributed by atoms with Gasteiger partial charge in [0.05, 0.1) is 0 Å². The number of fused-ring (bicyclic) bond motifs is 4. The molecule has 20 heavy (non-hydrogen) atoms. The van der Waals surface area contributed by atoms with Gasteiger partial charge in [0.2, 0.25) is 0 Å². The Kier molecular flexibility index (Phi) is 3.67. The fraction of sp³-hybridized carbons (Fsp3) is 0.429. The van der Waals surface area contributed by atoms with Crippen LogP contribution in [0.25, 0.3) is 11.1 Å². The molecular formula is C14H16ClN3OS. The molecule has 0 aromatic carbocycles. The van der Waals surface area contributed by atoms with E-state index in [9.17, 15) is 4.79 Å². The van der Waals surface area contributed by atoms with Crippen molar-refractivity contribution in [3.8, 4) is 11.1 Å². The van der Waals surface area contributed by atoms with E-state index in [0.29, 0.717) is 11.8 Å². The average Bonchev–Trinajstić information content (AvgIpc) is 2.94. The molecule has 106 valence electrons. The molecule has 4 heterocycles. The summed E-state index contributed by atoms with van der Waals surface area (Å²) < 4.78 is 6.10. The highest BCUT2D eigenvalue weighted by Gasteiger charge is 2.31. The van der Waals surface area contributed by atoms with Crippen LogP contribution in [0.1, 0.15) is 18.0 Å². The highest BCUT2D eigenvalue weighted by atomic mass is 35.5. The number of nitrogens with zero attached hydrogens (tertiary/aromatic N) is 2. The van der Waals surface area contributed by atoms with Crippen LogP contribution in [0, 0.1) is 5.92 Å². The molecule has 2 aromatic heterocycles. The lowest BCUT2D eigenvalue weighted by atomic mass is 9.83. The molecule has 0 amide bonds. The third-order valence-electron chi connectivity index (χ3n) is 4.23. The smallest absolute Gasteiger partial charge is 0.251 e. The van der Waals surface area contributed by atoms with E-state index in [0.717, 1.165) is 30.8 Å². The summed E-state index contributed by atoms with van der Waals surface area (Å²) in [6.45, 7) is 2.89. The summed E-state index contributed by atoms with van der Waals surface area (Å²) >= 11 is 1.42. The van der Waals surface area contributed by atoms with Gasteiger partial charge in [-0.2, -0.15) is 0 Å². The molecule has 6 heteroatoms. The number of halogens is 1. The minimum Gasteiger partial charge on any atom is -0.316 e. The first kappa shape index (κ1) is 13.8. The quantitative estimate of drug-likeness (QED) is 0.877. The molecule has 2 aliphatic heterocycles. The Morgan fingerprint density at radius 2 is 2.20 bits per heavy atom. The minimum absolute atomic E-state index is 0. The normalized spacial score (nSPS) is 23.8. The Balaban J connectivity index is 0.00000121. The molecule has 4 rings (SSSR count). The Morgan fingerprint density at radius 1 is 1.30 bits per heavy atom. The summed E-state index contributed by atoms with van der Waals surface area (Å²) in [6, 6.07) is 3.93. The zero-order valence-corrected chi connectivity index (χ0v) is 12.5. The highest BCUT2D eigenvalue weighted by molar-refractivity contribution is 7.03. The topological polar surface area (TPSA) is 46.9 Å². The van der Waals surface area contributed by atoms with E-state index in [1.165, 1.54) is 23.6 Å². The zero-order chi connectivity index (χ0) is 12.8. The van der Waals surface area contributed by atoms with Crippen molar-refractivity contribution in [2.75, 3.05) is 13.1 Å². The van der Waals surface area contributed by atoms with E-state index in [-0.39, 0.29) is 18.0 Å². The average molecular weight is 310 g/mol. The number of aromatic nitrogens is 2. The highest BCUT2D eigenvalue weighted by Crippen LogP contribution is 2.33. The maximum atomic E-state index is 12.3. The zero-order valence-electron chi connectivity index (χ0n) is 10.9. The molecule has 4 nitrogen and oxygen atoms in total. The molecular weight excluding hydrogens is 294 g/mol. The van der Waals surface area contributed by atoms with Gasteiger partial charge in [0, 0.05) is 47.9 Å². The van der Waals surface area contributed by atoms with E-state index in [2.05, 4.69) is 15.8 Å². The van der Waals surface area contributed by atoms with Crippen LogP contribution in [0.5, 0.6) is 0 Å².